The number of nitrogens with zero attached hydrogens (tertiary/aromatic N) is 2. The molecule has 0 amide bonds. The summed E-state index contributed by atoms with van der Waals surface area (Å²) in [6, 6.07) is 14.8. The molecule has 6 heteroatoms. The van der Waals surface area contributed by atoms with E-state index in [-0.39, 0.29) is 5.41 Å². The van der Waals surface area contributed by atoms with Crippen LogP contribution in [0.4, 0.5) is 13.2 Å². The zero-order valence-electron chi connectivity index (χ0n) is 24.8. The third-order valence-electron chi connectivity index (χ3n) is 8.66. The van der Waals surface area contributed by atoms with Crippen LogP contribution in [0.3, 0.4) is 0 Å². The molecule has 0 unspecified atom stereocenters. The molecule has 1 aliphatic rings. The number of hydrogen-bond donors (Lipinski definition) is 0. The lowest BCUT2D eigenvalue weighted by molar-refractivity contribution is -0.137. The van der Waals surface area contributed by atoms with Crippen molar-refractivity contribution in [3.63, 3.8) is 0 Å². The van der Waals surface area contributed by atoms with E-state index in [1.54, 1.807) is 23.7 Å². The molecule has 0 radical (unpaired) electrons. The van der Waals surface area contributed by atoms with Crippen molar-refractivity contribution in [3.05, 3.63) is 71.5 Å². The molecular weight excluding hydrogens is 537 g/mol. The zero-order valence-corrected chi connectivity index (χ0v) is 25.6. The Kier molecular flexibility index (Phi) is 6.35. The van der Waals surface area contributed by atoms with Crippen molar-refractivity contribution in [2.24, 2.45) is 10.8 Å². The quantitative estimate of drug-likeness (QED) is 0.210. The van der Waals surface area contributed by atoms with Gasteiger partial charge in [-0.1, -0.05) is 66.7 Å². The van der Waals surface area contributed by atoms with Crippen LogP contribution in [0.5, 0.6) is 0 Å². The largest absolute Gasteiger partial charge is 0.416 e. The highest BCUT2D eigenvalue weighted by atomic mass is 32.1. The van der Waals surface area contributed by atoms with E-state index >= 15 is 0 Å². The lowest BCUT2D eigenvalue weighted by Crippen LogP contribution is -2.32. The fourth-order valence-corrected chi connectivity index (χ4v) is 8.65. The van der Waals surface area contributed by atoms with Gasteiger partial charge in [0.25, 0.3) is 0 Å². The van der Waals surface area contributed by atoms with Crippen molar-refractivity contribution in [2.45, 2.75) is 85.2 Å². The van der Waals surface area contributed by atoms with Crippen LogP contribution >= 0.6 is 11.3 Å². The standard InChI is InChI=1S/C35H37F3N2S/c1-32(2,3)27-14-22(12-21-13-24(35(36,37)38)9-11-25(21)27)29-31-30(40-19-39-29)26-10-8-20(15-28(26)41-31)23-16-33(4,5)18-34(6,7)17-23/h8-15,19,23H,16-18H2,1-7H3. The van der Waals surface area contributed by atoms with Crippen LogP contribution in [-0.4, -0.2) is 9.97 Å². The van der Waals surface area contributed by atoms with Crippen molar-refractivity contribution < 1.29 is 13.2 Å². The number of alkyl halides is 3. The van der Waals surface area contributed by atoms with Crippen molar-refractivity contribution >= 4 is 42.4 Å². The predicted molar refractivity (Wildman–Crippen MR) is 166 cm³/mol. The molecule has 2 heterocycles. The molecule has 0 bridgehead atoms. The monoisotopic (exact) mass is 574 g/mol. The maximum Gasteiger partial charge on any atom is 0.416 e. The van der Waals surface area contributed by atoms with E-state index in [2.05, 4.69) is 77.7 Å². The van der Waals surface area contributed by atoms with Gasteiger partial charge in [0.15, 0.2) is 0 Å². The maximum absolute atomic E-state index is 13.6. The minimum absolute atomic E-state index is 0.267. The Bertz CT molecular complexity index is 1790. The number of benzene rings is 3. The van der Waals surface area contributed by atoms with E-state index in [1.165, 1.54) is 41.7 Å². The average Bonchev–Trinajstić information content (AvgIpc) is 3.22. The second-order valence-corrected chi connectivity index (χ2v) is 15.6. The molecule has 6 rings (SSSR count). The Labute approximate surface area is 244 Å². The molecule has 0 saturated heterocycles. The molecule has 0 N–H and O–H groups in total. The Morgan fingerprint density at radius 3 is 2.17 bits per heavy atom. The van der Waals surface area contributed by atoms with Gasteiger partial charge in [-0.05, 0) is 93.7 Å². The Morgan fingerprint density at radius 1 is 0.829 bits per heavy atom. The molecule has 1 fully saturated rings. The number of hydrogen-bond acceptors (Lipinski definition) is 3. The summed E-state index contributed by atoms with van der Waals surface area (Å²) in [5, 5.41) is 2.50. The minimum atomic E-state index is -4.40. The van der Waals surface area contributed by atoms with Gasteiger partial charge in [-0.2, -0.15) is 13.2 Å². The fourth-order valence-electron chi connectivity index (χ4n) is 7.44. The van der Waals surface area contributed by atoms with Crippen LogP contribution in [0.1, 0.15) is 90.3 Å². The van der Waals surface area contributed by atoms with Crippen LogP contribution < -0.4 is 0 Å². The van der Waals surface area contributed by atoms with E-state index in [9.17, 15) is 13.2 Å². The molecule has 2 aromatic heterocycles. The third kappa shape index (κ3) is 5.24. The first kappa shape index (κ1) is 28.1. The molecular formula is C35H37F3N2S. The second kappa shape index (κ2) is 9.26. The van der Waals surface area contributed by atoms with E-state index in [4.69, 9.17) is 4.98 Å². The summed E-state index contributed by atoms with van der Waals surface area (Å²) in [5.74, 6) is 0.506. The fraction of sp³-hybridized carbons (Fsp3) is 0.429. The summed E-state index contributed by atoms with van der Waals surface area (Å²) in [5.41, 5.74) is 4.54. The predicted octanol–water partition coefficient (Wildman–Crippen LogP) is 11.3. The van der Waals surface area contributed by atoms with Crippen LogP contribution in [0.15, 0.2) is 54.9 Å². The molecule has 0 aliphatic heterocycles. The van der Waals surface area contributed by atoms with Crippen LogP contribution in [0.2, 0.25) is 0 Å². The smallest absolute Gasteiger partial charge is 0.235 e. The van der Waals surface area contributed by atoms with Gasteiger partial charge in [0.1, 0.15) is 6.33 Å². The topological polar surface area (TPSA) is 25.8 Å². The zero-order chi connectivity index (χ0) is 29.5. The van der Waals surface area contributed by atoms with Gasteiger partial charge in [-0.25, -0.2) is 9.97 Å². The summed E-state index contributed by atoms with van der Waals surface area (Å²) in [6.45, 7) is 15.8. The van der Waals surface area contributed by atoms with Crippen LogP contribution in [0.25, 0.3) is 42.3 Å². The van der Waals surface area contributed by atoms with Crippen molar-refractivity contribution in [3.8, 4) is 11.3 Å². The molecule has 0 atom stereocenters. The van der Waals surface area contributed by atoms with Gasteiger partial charge < -0.3 is 0 Å². The lowest BCUT2D eigenvalue weighted by Gasteiger charge is -2.45. The SMILES string of the molecule is CC1(C)CC(c2ccc3c(c2)sc2c(-c4cc(C(C)(C)C)c5ccc(C(F)(F)F)cc5c4)ncnc23)CC(C)(C)C1. The van der Waals surface area contributed by atoms with Crippen molar-refractivity contribution in [1.82, 2.24) is 9.97 Å². The lowest BCUT2D eigenvalue weighted by atomic mass is 9.60. The highest BCUT2D eigenvalue weighted by Gasteiger charge is 2.39. The van der Waals surface area contributed by atoms with Crippen LogP contribution in [-0.2, 0) is 11.6 Å². The summed E-state index contributed by atoms with van der Waals surface area (Å²) >= 11 is 1.68. The van der Waals surface area contributed by atoms with E-state index in [0.717, 1.165) is 37.8 Å². The van der Waals surface area contributed by atoms with Gasteiger partial charge in [-0.3, -0.25) is 0 Å². The third-order valence-corrected chi connectivity index (χ3v) is 9.81. The molecule has 1 saturated carbocycles. The number of fused-ring (bicyclic) bond motifs is 4. The molecule has 41 heavy (non-hydrogen) atoms. The maximum atomic E-state index is 13.6. The van der Waals surface area contributed by atoms with Gasteiger partial charge in [0, 0.05) is 15.6 Å². The van der Waals surface area contributed by atoms with Crippen LogP contribution in [0, 0.1) is 10.8 Å². The first-order valence-corrected chi connectivity index (χ1v) is 15.2. The van der Waals surface area contributed by atoms with Gasteiger partial charge in [0.2, 0.25) is 0 Å². The van der Waals surface area contributed by atoms with Gasteiger partial charge in [0.05, 0.1) is 21.5 Å². The molecule has 0 spiro atoms. The number of thiophene rings is 1. The average molecular weight is 575 g/mol. The summed E-state index contributed by atoms with van der Waals surface area (Å²) in [6.07, 6.45) is 0.750. The summed E-state index contributed by atoms with van der Waals surface area (Å²) in [4.78, 5) is 9.38. The van der Waals surface area contributed by atoms with Gasteiger partial charge in [-0.15, -0.1) is 11.3 Å². The molecule has 2 nitrogen and oxygen atoms in total. The van der Waals surface area contributed by atoms with Crippen molar-refractivity contribution in [2.75, 3.05) is 0 Å². The normalized spacial score (nSPS) is 18.0. The summed E-state index contributed by atoms with van der Waals surface area (Å²) < 4.78 is 43.0. The van der Waals surface area contributed by atoms with E-state index in [1.807, 2.05) is 6.07 Å². The number of aromatic nitrogens is 2. The Hall–Kier alpha value is -2.99. The van der Waals surface area contributed by atoms with Gasteiger partial charge >= 0.3 is 6.18 Å². The first-order valence-electron chi connectivity index (χ1n) is 14.3. The molecule has 1 aliphatic carbocycles. The molecule has 214 valence electrons. The summed E-state index contributed by atoms with van der Waals surface area (Å²) in [7, 11) is 0. The number of rotatable bonds is 2. The van der Waals surface area contributed by atoms with Crippen molar-refractivity contribution in [1.29, 1.82) is 0 Å². The van der Waals surface area contributed by atoms with E-state index < -0.39 is 11.7 Å². The first-order chi connectivity index (χ1) is 19.0. The Morgan fingerprint density at radius 2 is 1.51 bits per heavy atom. The highest BCUT2D eigenvalue weighted by Crippen LogP contribution is 2.52. The molecule has 3 aromatic carbocycles. The second-order valence-electron chi connectivity index (χ2n) is 14.6. The number of halogens is 3. The minimum Gasteiger partial charge on any atom is -0.235 e. The Balaban J connectivity index is 1.52. The van der Waals surface area contributed by atoms with E-state index in [0.29, 0.717) is 22.1 Å². The highest BCUT2D eigenvalue weighted by molar-refractivity contribution is 7.26. The molecule has 5 aromatic rings.